The molecule has 1 aromatic heterocycles. The van der Waals surface area contributed by atoms with Gasteiger partial charge in [0.25, 0.3) is 11.8 Å². The van der Waals surface area contributed by atoms with Crippen molar-refractivity contribution in [2.24, 2.45) is 0 Å². The highest BCUT2D eigenvalue weighted by molar-refractivity contribution is 6.34. The minimum absolute atomic E-state index is 0.157. The van der Waals surface area contributed by atoms with E-state index in [0.717, 1.165) is 0 Å². The molecule has 0 saturated heterocycles. The van der Waals surface area contributed by atoms with E-state index in [1.54, 1.807) is 36.1 Å². The molecule has 0 radical (unpaired) electrons. The lowest BCUT2D eigenvalue weighted by Gasteiger charge is -2.19. The molecule has 0 spiro atoms. The van der Waals surface area contributed by atoms with E-state index >= 15 is 0 Å². The van der Waals surface area contributed by atoms with Crippen LogP contribution in [0.5, 0.6) is 0 Å². The third-order valence-electron chi connectivity index (χ3n) is 4.65. The number of rotatable bonds is 5. The number of hydrogen-bond acceptors (Lipinski definition) is 3. The van der Waals surface area contributed by atoms with Crippen molar-refractivity contribution in [3.63, 3.8) is 0 Å². The number of carbonyl (C=O) groups excluding carboxylic acids is 2. The van der Waals surface area contributed by atoms with E-state index in [0.29, 0.717) is 46.5 Å². The first-order chi connectivity index (χ1) is 13.8. The van der Waals surface area contributed by atoms with Crippen molar-refractivity contribution in [3.8, 4) is 0 Å². The molecule has 0 bridgehead atoms. The van der Waals surface area contributed by atoms with Crippen molar-refractivity contribution in [2.45, 2.75) is 20.8 Å². The SMILES string of the molecule is CCN(CC)C(=O)c1ccc(NC(=O)c2cc(C)nc3cc(F)ccc23)cc1Cl. The fourth-order valence-corrected chi connectivity index (χ4v) is 3.43. The van der Waals surface area contributed by atoms with Gasteiger partial charge < -0.3 is 10.2 Å². The Morgan fingerprint density at radius 1 is 1.07 bits per heavy atom. The number of anilines is 1. The highest BCUT2D eigenvalue weighted by Crippen LogP contribution is 2.25. The molecule has 7 heteroatoms. The van der Waals surface area contributed by atoms with Crippen LogP contribution in [0.2, 0.25) is 5.02 Å². The summed E-state index contributed by atoms with van der Waals surface area (Å²) in [6.45, 7) is 6.71. The van der Waals surface area contributed by atoms with Crippen LogP contribution in [0.4, 0.5) is 10.1 Å². The van der Waals surface area contributed by atoms with Gasteiger partial charge in [-0.2, -0.15) is 0 Å². The largest absolute Gasteiger partial charge is 0.339 e. The Kier molecular flexibility index (Phi) is 6.13. The van der Waals surface area contributed by atoms with Gasteiger partial charge in [0.1, 0.15) is 5.82 Å². The summed E-state index contributed by atoms with van der Waals surface area (Å²) in [7, 11) is 0. The van der Waals surface area contributed by atoms with Gasteiger partial charge in [0.15, 0.2) is 0 Å². The number of pyridine rings is 1. The van der Waals surface area contributed by atoms with E-state index in [4.69, 9.17) is 11.6 Å². The number of nitrogens with one attached hydrogen (secondary N) is 1. The number of aromatic nitrogens is 1. The minimum atomic E-state index is -0.415. The number of fused-ring (bicyclic) bond motifs is 1. The standard InChI is InChI=1S/C22H21ClFN3O2/c1-4-27(5-2)22(29)17-9-7-15(12-19(17)23)26-21(28)18-10-13(3)25-20-11-14(24)6-8-16(18)20/h6-12H,4-5H2,1-3H3,(H,26,28). The molecule has 1 N–H and O–H groups in total. The third kappa shape index (κ3) is 4.38. The number of carbonyl (C=O) groups is 2. The summed E-state index contributed by atoms with van der Waals surface area (Å²) < 4.78 is 13.5. The van der Waals surface area contributed by atoms with E-state index in [1.807, 2.05) is 13.8 Å². The Hall–Kier alpha value is -2.99. The maximum Gasteiger partial charge on any atom is 0.256 e. The molecular formula is C22H21ClFN3O2. The molecule has 3 rings (SSSR count). The Bertz CT molecular complexity index is 1090. The van der Waals surface area contributed by atoms with Crippen LogP contribution in [0, 0.1) is 12.7 Å². The summed E-state index contributed by atoms with van der Waals surface area (Å²) in [5, 5.41) is 3.60. The van der Waals surface area contributed by atoms with Gasteiger partial charge in [-0.1, -0.05) is 11.6 Å². The van der Waals surface area contributed by atoms with Crippen LogP contribution in [0.25, 0.3) is 10.9 Å². The molecule has 3 aromatic rings. The maximum absolute atomic E-state index is 13.5. The number of halogens is 2. The second-order valence-electron chi connectivity index (χ2n) is 6.60. The van der Waals surface area contributed by atoms with Crippen LogP contribution in [0.3, 0.4) is 0 Å². The first-order valence-electron chi connectivity index (χ1n) is 9.31. The van der Waals surface area contributed by atoms with Gasteiger partial charge in [-0.05, 0) is 57.2 Å². The third-order valence-corrected chi connectivity index (χ3v) is 4.97. The van der Waals surface area contributed by atoms with Crippen LogP contribution in [-0.4, -0.2) is 34.8 Å². The Morgan fingerprint density at radius 2 is 1.79 bits per heavy atom. The molecule has 0 aliphatic heterocycles. The van der Waals surface area contributed by atoms with E-state index in [9.17, 15) is 14.0 Å². The van der Waals surface area contributed by atoms with Gasteiger partial charge in [0, 0.05) is 35.9 Å². The molecular weight excluding hydrogens is 393 g/mol. The zero-order valence-electron chi connectivity index (χ0n) is 16.4. The molecule has 0 unspecified atom stereocenters. The number of benzene rings is 2. The first kappa shape index (κ1) is 20.7. The fraction of sp³-hybridized carbons (Fsp3) is 0.227. The molecule has 5 nitrogen and oxygen atoms in total. The molecule has 2 aromatic carbocycles. The molecule has 0 aliphatic carbocycles. The quantitative estimate of drug-likeness (QED) is 0.635. The van der Waals surface area contributed by atoms with Crippen molar-refractivity contribution in [2.75, 3.05) is 18.4 Å². The van der Waals surface area contributed by atoms with Gasteiger partial charge in [-0.3, -0.25) is 14.6 Å². The number of nitrogens with zero attached hydrogens (tertiary/aromatic N) is 2. The van der Waals surface area contributed by atoms with E-state index in [1.165, 1.54) is 18.2 Å². The first-order valence-corrected chi connectivity index (χ1v) is 9.69. The molecule has 0 fully saturated rings. The Morgan fingerprint density at radius 3 is 2.45 bits per heavy atom. The average Bonchev–Trinajstić information content (AvgIpc) is 2.67. The van der Waals surface area contributed by atoms with Crippen molar-refractivity contribution < 1.29 is 14.0 Å². The smallest absolute Gasteiger partial charge is 0.256 e. The monoisotopic (exact) mass is 413 g/mol. The van der Waals surface area contributed by atoms with Gasteiger partial charge >= 0.3 is 0 Å². The average molecular weight is 414 g/mol. The molecule has 150 valence electrons. The van der Waals surface area contributed by atoms with Crippen LogP contribution in [0.15, 0.2) is 42.5 Å². The zero-order valence-corrected chi connectivity index (χ0v) is 17.2. The summed E-state index contributed by atoms with van der Waals surface area (Å²) in [5.41, 5.74) is 2.24. The minimum Gasteiger partial charge on any atom is -0.339 e. The van der Waals surface area contributed by atoms with E-state index in [2.05, 4.69) is 10.3 Å². The molecule has 29 heavy (non-hydrogen) atoms. The van der Waals surface area contributed by atoms with Crippen molar-refractivity contribution >= 4 is 40.0 Å². The predicted octanol–water partition coefficient (Wildman–Crippen LogP) is 5.07. The Labute approximate surface area is 173 Å². The summed E-state index contributed by atoms with van der Waals surface area (Å²) in [6.07, 6.45) is 0. The molecule has 0 atom stereocenters. The van der Waals surface area contributed by atoms with E-state index in [-0.39, 0.29) is 16.8 Å². The highest BCUT2D eigenvalue weighted by atomic mass is 35.5. The summed E-state index contributed by atoms with van der Waals surface area (Å²) in [5.74, 6) is -0.941. The topological polar surface area (TPSA) is 62.3 Å². The molecule has 0 saturated carbocycles. The lowest BCUT2D eigenvalue weighted by Crippen LogP contribution is -2.30. The summed E-state index contributed by atoms with van der Waals surface area (Å²) in [4.78, 5) is 31.3. The number of aryl methyl sites for hydroxylation is 1. The van der Waals surface area contributed by atoms with Crippen LogP contribution in [0.1, 0.15) is 40.3 Å². The number of amides is 2. The van der Waals surface area contributed by atoms with Crippen molar-refractivity contribution in [1.82, 2.24) is 9.88 Å². The molecule has 0 aliphatic rings. The lowest BCUT2D eigenvalue weighted by molar-refractivity contribution is 0.0773. The van der Waals surface area contributed by atoms with Crippen LogP contribution < -0.4 is 5.32 Å². The molecule has 1 heterocycles. The summed E-state index contributed by atoms with van der Waals surface area (Å²) >= 11 is 6.30. The van der Waals surface area contributed by atoms with Gasteiger partial charge in [-0.25, -0.2) is 4.39 Å². The maximum atomic E-state index is 13.5. The second-order valence-corrected chi connectivity index (χ2v) is 7.01. The lowest BCUT2D eigenvalue weighted by atomic mass is 10.1. The fourth-order valence-electron chi connectivity index (χ4n) is 3.17. The second kappa shape index (κ2) is 8.57. The van der Waals surface area contributed by atoms with Crippen LogP contribution >= 0.6 is 11.6 Å². The highest BCUT2D eigenvalue weighted by Gasteiger charge is 2.18. The van der Waals surface area contributed by atoms with Gasteiger partial charge in [0.05, 0.1) is 21.7 Å². The van der Waals surface area contributed by atoms with E-state index < -0.39 is 5.82 Å². The van der Waals surface area contributed by atoms with Crippen molar-refractivity contribution in [3.05, 3.63) is 70.1 Å². The number of hydrogen-bond donors (Lipinski definition) is 1. The normalized spacial score (nSPS) is 10.8. The molecule has 2 amide bonds. The predicted molar refractivity (Wildman–Crippen MR) is 113 cm³/mol. The zero-order chi connectivity index (χ0) is 21.1. The van der Waals surface area contributed by atoms with Crippen molar-refractivity contribution in [1.29, 1.82) is 0 Å². The summed E-state index contributed by atoms with van der Waals surface area (Å²) in [6, 6.07) is 10.6. The Balaban J connectivity index is 1.89. The van der Waals surface area contributed by atoms with Crippen LogP contribution in [-0.2, 0) is 0 Å². The van der Waals surface area contributed by atoms with Gasteiger partial charge in [0.2, 0.25) is 0 Å². The van der Waals surface area contributed by atoms with Gasteiger partial charge in [-0.15, -0.1) is 0 Å².